The van der Waals surface area contributed by atoms with Crippen LogP contribution in [-0.4, -0.2) is 50.1 Å². The van der Waals surface area contributed by atoms with E-state index in [1.807, 2.05) is 30.3 Å². The Balaban J connectivity index is 1.84. The van der Waals surface area contributed by atoms with E-state index >= 15 is 0 Å². The van der Waals surface area contributed by atoms with Crippen LogP contribution in [0.15, 0.2) is 30.3 Å². The van der Waals surface area contributed by atoms with Crippen LogP contribution < -0.4 is 10.6 Å². The summed E-state index contributed by atoms with van der Waals surface area (Å²) in [5.74, 6) is 0.00423. The quantitative estimate of drug-likeness (QED) is 0.790. The van der Waals surface area contributed by atoms with Crippen LogP contribution in [0, 0.1) is 0 Å². The van der Waals surface area contributed by atoms with Gasteiger partial charge >= 0.3 is 0 Å². The fourth-order valence-corrected chi connectivity index (χ4v) is 1.99. The number of benzene rings is 1. The van der Waals surface area contributed by atoms with Crippen LogP contribution >= 0.6 is 0 Å². The highest BCUT2D eigenvalue weighted by molar-refractivity contribution is 5.94. The molecule has 0 aliphatic carbocycles. The predicted octanol–water partition coefficient (Wildman–Crippen LogP) is 0.320. The Hall–Kier alpha value is -1.39. The molecule has 0 saturated carbocycles. The van der Waals surface area contributed by atoms with Crippen molar-refractivity contribution in [3.63, 3.8) is 0 Å². The molecule has 2 N–H and O–H groups in total. The molecule has 1 aliphatic rings. The first-order chi connectivity index (χ1) is 8.27. The number of carbonyl (C=O) groups is 1. The molecule has 1 aliphatic heterocycles. The van der Waals surface area contributed by atoms with E-state index in [2.05, 4.69) is 22.6 Å². The van der Waals surface area contributed by atoms with Crippen molar-refractivity contribution in [1.82, 2.24) is 15.5 Å². The number of amides is 1. The molecule has 0 bridgehead atoms. The average Bonchev–Trinajstić information content (AvgIpc) is 2.38. The Morgan fingerprint density at radius 3 is 2.94 bits per heavy atom. The zero-order valence-corrected chi connectivity index (χ0v) is 10.1. The lowest BCUT2D eigenvalue weighted by Gasteiger charge is -2.33. The van der Waals surface area contributed by atoms with E-state index in [9.17, 15) is 4.79 Å². The Labute approximate surface area is 102 Å². The molecule has 0 spiro atoms. The summed E-state index contributed by atoms with van der Waals surface area (Å²) in [7, 11) is 2.10. The predicted molar refractivity (Wildman–Crippen MR) is 68.1 cm³/mol. The van der Waals surface area contributed by atoms with Gasteiger partial charge in [-0.3, -0.25) is 9.69 Å². The standard InChI is InChI=1S/C13H19N3O/c1-16-8-7-14-9-12(16)10-15-13(17)11-5-3-2-4-6-11/h2-6,12,14H,7-10H2,1H3,(H,15,17). The fraction of sp³-hybridized carbons (Fsp3) is 0.462. The fourth-order valence-electron chi connectivity index (χ4n) is 1.99. The largest absolute Gasteiger partial charge is 0.350 e. The number of piperazine rings is 1. The molecular weight excluding hydrogens is 214 g/mol. The van der Waals surface area contributed by atoms with Gasteiger partial charge in [-0.15, -0.1) is 0 Å². The van der Waals surface area contributed by atoms with Crippen LogP contribution in [0.25, 0.3) is 0 Å². The summed E-state index contributed by atoms with van der Waals surface area (Å²) in [6.07, 6.45) is 0. The van der Waals surface area contributed by atoms with Crippen molar-refractivity contribution in [3.05, 3.63) is 35.9 Å². The second-order valence-corrected chi connectivity index (χ2v) is 4.41. The Morgan fingerprint density at radius 1 is 1.47 bits per heavy atom. The van der Waals surface area contributed by atoms with Crippen molar-refractivity contribution in [2.24, 2.45) is 0 Å². The number of likely N-dealkylation sites (N-methyl/N-ethyl adjacent to an activating group) is 1. The van der Waals surface area contributed by atoms with Gasteiger partial charge in [-0.1, -0.05) is 18.2 Å². The van der Waals surface area contributed by atoms with E-state index in [1.165, 1.54) is 0 Å². The van der Waals surface area contributed by atoms with E-state index < -0.39 is 0 Å². The van der Waals surface area contributed by atoms with Crippen LogP contribution in [0.1, 0.15) is 10.4 Å². The summed E-state index contributed by atoms with van der Waals surface area (Å²) >= 11 is 0. The SMILES string of the molecule is CN1CCNCC1CNC(=O)c1ccccc1. The lowest BCUT2D eigenvalue weighted by molar-refractivity contribution is 0.0933. The zero-order chi connectivity index (χ0) is 12.1. The molecule has 17 heavy (non-hydrogen) atoms. The van der Waals surface area contributed by atoms with Crippen molar-refractivity contribution in [1.29, 1.82) is 0 Å². The first-order valence-electron chi connectivity index (χ1n) is 6.01. The first kappa shape index (κ1) is 12.1. The van der Waals surface area contributed by atoms with Crippen LogP contribution in [-0.2, 0) is 0 Å². The highest BCUT2D eigenvalue weighted by Crippen LogP contribution is 2.01. The minimum absolute atomic E-state index is 0.00423. The van der Waals surface area contributed by atoms with Gasteiger partial charge in [0, 0.05) is 37.8 Å². The summed E-state index contributed by atoms with van der Waals surface area (Å²) in [4.78, 5) is 14.1. The Kier molecular flexibility index (Phi) is 4.12. The average molecular weight is 233 g/mol. The van der Waals surface area contributed by atoms with Gasteiger partial charge in [0.1, 0.15) is 0 Å². The van der Waals surface area contributed by atoms with Crippen molar-refractivity contribution in [2.45, 2.75) is 6.04 Å². The maximum atomic E-state index is 11.8. The van der Waals surface area contributed by atoms with E-state index in [0.717, 1.165) is 25.2 Å². The normalized spacial score (nSPS) is 21.1. The highest BCUT2D eigenvalue weighted by atomic mass is 16.1. The second-order valence-electron chi connectivity index (χ2n) is 4.41. The third kappa shape index (κ3) is 3.28. The van der Waals surface area contributed by atoms with E-state index in [4.69, 9.17) is 0 Å². The van der Waals surface area contributed by atoms with Gasteiger partial charge in [0.2, 0.25) is 0 Å². The molecule has 1 amide bonds. The molecule has 4 nitrogen and oxygen atoms in total. The molecule has 1 atom stereocenters. The van der Waals surface area contributed by atoms with Crippen molar-refractivity contribution in [3.8, 4) is 0 Å². The molecule has 0 radical (unpaired) electrons. The lowest BCUT2D eigenvalue weighted by atomic mass is 10.2. The van der Waals surface area contributed by atoms with Crippen LogP contribution in [0.4, 0.5) is 0 Å². The maximum Gasteiger partial charge on any atom is 0.251 e. The monoisotopic (exact) mass is 233 g/mol. The van der Waals surface area contributed by atoms with Gasteiger partial charge in [0.05, 0.1) is 0 Å². The molecule has 0 aromatic heterocycles. The summed E-state index contributed by atoms with van der Waals surface area (Å²) in [6, 6.07) is 9.72. The molecule has 1 heterocycles. The van der Waals surface area contributed by atoms with E-state index in [1.54, 1.807) is 0 Å². The molecule has 92 valence electrons. The summed E-state index contributed by atoms with van der Waals surface area (Å²) < 4.78 is 0. The smallest absolute Gasteiger partial charge is 0.251 e. The van der Waals surface area contributed by atoms with Gasteiger partial charge in [0.25, 0.3) is 5.91 Å². The number of nitrogens with zero attached hydrogens (tertiary/aromatic N) is 1. The third-order valence-electron chi connectivity index (χ3n) is 3.18. The highest BCUT2D eigenvalue weighted by Gasteiger charge is 2.18. The number of carbonyl (C=O) groups excluding carboxylic acids is 1. The van der Waals surface area contributed by atoms with Crippen LogP contribution in [0.3, 0.4) is 0 Å². The van der Waals surface area contributed by atoms with Gasteiger partial charge in [-0.05, 0) is 19.2 Å². The van der Waals surface area contributed by atoms with Gasteiger partial charge < -0.3 is 10.6 Å². The number of hydrogen-bond acceptors (Lipinski definition) is 3. The Bertz CT molecular complexity index is 366. The minimum Gasteiger partial charge on any atom is -0.350 e. The van der Waals surface area contributed by atoms with Crippen molar-refractivity contribution < 1.29 is 4.79 Å². The summed E-state index contributed by atoms with van der Waals surface area (Å²) in [5, 5.41) is 6.31. The summed E-state index contributed by atoms with van der Waals surface area (Å²) in [6.45, 7) is 3.69. The third-order valence-corrected chi connectivity index (χ3v) is 3.18. The van der Waals surface area contributed by atoms with E-state index in [0.29, 0.717) is 12.6 Å². The van der Waals surface area contributed by atoms with Gasteiger partial charge in [0.15, 0.2) is 0 Å². The van der Waals surface area contributed by atoms with Crippen molar-refractivity contribution >= 4 is 5.91 Å². The molecule has 1 unspecified atom stereocenters. The summed E-state index contributed by atoms with van der Waals surface area (Å²) in [5.41, 5.74) is 0.721. The lowest BCUT2D eigenvalue weighted by Crippen LogP contribution is -2.53. The number of hydrogen-bond donors (Lipinski definition) is 2. The molecule has 1 aromatic rings. The number of rotatable bonds is 3. The van der Waals surface area contributed by atoms with Crippen molar-refractivity contribution in [2.75, 3.05) is 33.2 Å². The minimum atomic E-state index is 0.00423. The molecule has 2 rings (SSSR count). The zero-order valence-electron chi connectivity index (χ0n) is 10.1. The van der Waals surface area contributed by atoms with Crippen LogP contribution in [0.5, 0.6) is 0 Å². The first-order valence-corrected chi connectivity index (χ1v) is 6.01. The molecule has 1 fully saturated rings. The number of nitrogens with one attached hydrogen (secondary N) is 2. The van der Waals surface area contributed by atoms with Gasteiger partial charge in [-0.2, -0.15) is 0 Å². The van der Waals surface area contributed by atoms with Crippen LogP contribution in [0.2, 0.25) is 0 Å². The maximum absolute atomic E-state index is 11.8. The van der Waals surface area contributed by atoms with Gasteiger partial charge in [-0.25, -0.2) is 0 Å². The molecule has 1 saturated heterocycles. The molecule has 4 heteroatoms. The molecular formula is C13H19N3O. The van der Waals surface area contributed by atoms with E-state index in [-0.39, 0.29) is 5.91 Å². The molecule has 1 aromatic carbocycles. The second kappa shape index (κ2) is 5.80. The topological polar surface area (TPSA) is 44.4 Å². The Morgan fingerprint density at radius 2 is 2.24 bits per heavy atom.